The van der Waals surface area contributed by atoms with Gasteiger partial charge in [-0.2, -0.15) is 17.0 Å². The molecule has 1 amide bonds. The molecule has 6 nitrogen and oxygen atoms in total. The summed E-state index contributed by atoms with van der Waals surface area (Å²) in [6.45, 7) is 11.2. The van der Waals surface area contributed by atoms with Crippen molar-refractivity contribution < 1.29 is 9.53 Å². The number of hydrogen-bond acceptors (Lipinski definition) is 6. The van der Waals surface area contributed by atoms with Crippen LogP contribution in [0.25, 0.3) is 0 Å². The van der Waals surface area contributed by atoms with E-state index in [1.54, 1.807) is 11.8 Å². The Morgan fingerprint density at radius 2 is 2.06 bits per heavy atom. The first kappa shape index (κ1) is 22.4. The van der Waals surface area contributed by atoms with E-state index in [0.717, 1.165) is 35.6 Å². The zero-order chi connectivity index (χ0) is 22.3. The molecule has 4 rings (SSSR count). The summed E-state index contributed by atoms with van der Waals surface area (Å²) < 4.78 is 6.10. The number of pyridine rings is 1. The van der Waals surface area contributed by atoms with Gasteiger partial charge in [0, 0.05) is 37.5 Å². The van der Waals surface area contributed by atoms with Crippen molar-refractivity contribution in [3.8, 4) is 6.07 Å². The molecule has 1 aliphatic carbocycles. The lowest BCUT2D eigenvalue weighted by Gasteiger charge is -2.44. The fourth-order valence-corrected chi connectivity index (χ4v) is 5.32. The Hall–Kier alpha value is -1.78. The van der Waals surface area contributed by atoms with Gasteiger partial charge in [0.05, 0.1) is 35.3 Å². The molecule has 1 saturated carbocycles. The van der Waals surface area contributed by atoms with E-state index < -0.39 is 0 Å². The third-order valence-electron chi connectivity index (χ3n) is 6.79. The van der Waals surface area contributed by atoms with Crippen LogP contribution in [0, 0.1) is 17.2 Å². The molecule has 0 bridgehead atoms. The average Bonchev–Trinajstić information content (AvgIpc) is 3.56. The Kier molecular flexibility index (Phi) is 6.24. The Bertz CT molecular complexity index is 904. The third-order valence-corrected chi connectivity index (χ3v) is 7.32. The van der Waals surface area contributed by atoms with Crippen LogP contribution in [0.15, 0.2) is 0 Å². The molecule has 7 heteroatoms. The molecule has 31 heavy (non-hydrogen) atoms. The number of anilines is 1. The number of aromatic nitrogens is 1. The maximum atomic E-state index is 12.7. The van der Waals surface area contributed by atoms with E-state index >= 15 is 0 Å². The molecule has 1 aromatic rings. The maximum absolute atomic E-state index is 12.7. The number of piperazine rings is 1. The van der Waals surface area contributed by atoms with E-state index in [4.69, 9.17) is 9.72 Å². The summed E-state index contributed by atoms with van der Waals surface area (Å²) in [4.78, 5) is 22.1. The number of rotatable bonds is 5. The van der Waals surface area contributed by atoms with Gasteiger partial charge in [-0.25, -0.2) is 4.98 Å². The van der Waals surface area contributed by atoms with Crippen LogP contribution < -0.4 is 4.90 Å². The first-order valence-corrected chi connectivity index (χ1v) is 12.8. The second-order valence-electron chi connectivity index (χ2n) is 10.0. The van der Waals surface area contributed by atoms with E-state index in [0.29, 0.717) is 42.8 Å². The van der Waals surface area contributed by atoms with Crippen molar-refractivity contribution in [2.75, 3.05) is 36.5 Å². The number of hydrogen-bond donors (Lipinski definition) is 0. The highest BCUT2D eigenvalue weighted by Gasteiger charge is 2.39. The molecule has 3 aliphatic rings. The molecule has 3 heterocycles. The highest BCUT2D eigenvalue weighted by atomic mass is 32.2. The first-order chi connectivity index (χ1) is 14.8. The Labute approximate surface area is 190 Å². The second-order valence-corrected chi connectivity index (χ2v) is 10.9. The maximum Gasteiger partial charge on any atom is 0.232 e. The summed E-state index contributed by atoms with van der Waals surface area (Å²) in [6, 6.07) is 2.63. The number of thioether (sulfide) groups is 1. The van der Waals surface area contributed by atoms with Gasteiger partial charge in [0.15, 0.2) is 0 Å². The van der Waals surface area contributed by atoms with Gasteiger partial charge in [0.1, 0.15) is 11.9 Å². The number of carbonyl (C=O) groups is 1. The van der Waals surface area contributed by atoms with Crippen molar-refractivity contribution in [2.24, 2.45) is 5.92 Å². The van der Waals surface area contributed by atoms with Crippen molar-refractivity contribution in [3.63, 3.8) is 0 Å². The number of amides is 1. The first-order valence-electron chi connectivity index (χ1n) is 11.4. The van der Waals surface area contributed by atoms with Crippen molar-refractivity contribution in [1.29, 1.82) is 5.26 Å². The van der Waals surface area contributed by atoms with Gasteiger partial charge in [0.2, 0.25) is 5.91 Å². The Morgan fingerprint density at radius 1 is 1.32 bits per heavy atom. The number of ether oxygens (including phenoxy) is 1. The highest BCUT2D eigenvalue weighted by molar-refractivity contribution is 7.99. The lowest BCUT2D eigenvalue weighted by Crippen LogP contribution is -2.58. The van der Waals surface area contributed by atoms with E-state index in [-0.39, 0.29) is 17.6 Å². The second kappa shape index (κ2) is 8.63. The number of nitriles is 1. The summed E-state index contributed by atoms with van der Waals surface area (Å²) in [6.07, 6.45) is 5.04. The molecule has 2 aliphatic heterocycles. The van der Waals surface area contributed by atoms with Crippen LogP contribution in [0.2, 0.25) is 0 Å². The van der Waals surface area contributed by atoms with Crippen LogP contribution in [0.5, 0.6) is 0 Å². The quantitative estimate of drug-likeness (QED) is 0.692. The molecule has 0 radical (unpaired) electrons. The molecule has 0 spiro atoms. The van der Waals surface area contributed by atoms with Crippen LogP contribution in [-0.4, -0.2) is 59.1 Å². The fraction of sp³-hybridized carbons (Fsp3) is 0.708. The van der Waals surface area contributed by atoms with Crippen LogP contribution in [-0.2, 0) is 22.6 Å². The minimum absolute atomic E-state index is 0.127. The van der Waals surface area contributed by atoms with Gasteiger partial charge < -0.3 is 14.5 Å². The molecule has 1 aromatic heterocycles. The molecule has 168 valence electrons. The normalized spacial score (nSPS) is 22.9. The molecule has 0 N–H and O–H groups in total. The topological polar surface area (TPSA) is 69.5 Å². The molecule has 1 atom stereocenters. The lowest BCUT2D eigenvalue weighted by atomic mass is 9.87. The van der Waals surface area contributed by atoms with Crippen LogP contribution in [0.3, 0.4) is 0 Å². The largest absolute Gasteiger partial charge is 0.370 e. The van der Waals surface area contributed by atoms with Gasteiger partial charge >= 0.3 is 0 Å². The van der Waals surface area contributed by atoms with Crippen molar-refractivity contribution >= 4 is 23.5 Å². The average molecular weight is 443 g/mol. The summed E-state index contributed by atoms with van der Waals surface area (Å²) in [5, 5.41) is 10.2. The summed E-state index contributed by atoms with van der Waals surface area (Å²) in [5.74, 6) is 2.39. The summed E-state index contributed by atoms with van der Waals surface area (Å²) >= 11 is 1.58. The molecule has 0 aromatic carbocycles. The number of carbonyl (C=O) groups excluding carboxylic acids is 1. The lowest BCUT2D eigenvalue weighted by molar-refractivity contribution is -0.132. The van der Waals surface area contributed by atoms with Crippen molar-refractivity contribution in [1.82, 2.24) is 9.88 Å². The number of nitrogens with zero attached hydrogens (tertiary/aromatic N) is 4. The predicted octanol–water partition coefficient (Wildman–Crippen LogP) is 3.72. The van der Waals surface area contributed by atoms with E-state index in [1.165, 1.54) is 12.8 Å². The third kappa shape index (κ3) is 4.42. The number of fused-ring (bicyclic) bond motifs is 1. The highest BCUT2D eigenvalue weighted by Crippen LogP contribution is 2.46. The molecule has 1 saturated heterocycles. The van der Waals surface area contributed by atoms with Crippen molar-refractivity contribution in [2.45, 2.75) is 71.1 Å². The zero-order valence-electron chi connectivity index (χ0n) is 19.4. The minimum Gasteiger partial charge on any atom is -0.370 e. The monoisotopic (exact) mass is 442 g/mol. The van der Waals surface area contributed by atoms with Crippen molar-refractivity contribution in [3.05, 3.63) is 22.4 Å². The van der Waals surface area contributed by atoms with Gasteiger partial charge in [-0.1, -0.05) is 13.8 Å². The van der Waals surface area contributed by atoms with Gasteiger partial charge in [0.25, 0.3) is 0 Å². The Balaban J connectivity index is 1.72. The van der Waals surface area contributed by atoms with Crippen LogP contribution in [0.1, 0.15) is 68.8 Å². The smallest absolute Gasteiger partial charge is 0.232 e. The Morgan fingerprint density at radius 3 is 2.68 bits per heavy atom. The SMILES string of the molecule is CSCC(=O)N1CCN(c2nc(C3CC3)c3c(c2C#N)CC(C)(C)OC3)CC1C(C)C. The zero-order valence-corrected chi connectivity index (χ0v) is 20.2. The van der Waals surface area contributed by atoms with Crippen LogP contribution >= 0.6 is 11.8 Å². The molecule has 2 fully saturated rings. The minimum atomic E-state index is -0.276. The van der Waals surface area contributed by atoms with E-state index in [9.17, 15) is 10.1 Å². The summed E-state index contributed by atoms with van der Waals surface area (Å²) in [5.41, 5.74) is 3.86. The van der Waals surface area contributed by atoms with Gasteiger partial charge in [-0.3, -0.25) is 4.79 Å². The predicted molar refractivity (Wildman–Crippen MR) is 124 cm³/mol. The molecular formula is C24H34N4O2S. The fourth-order valence-electron chi connectivity index (χ4n) is 4.91. The summed E-state index contributed by atoms with van der Waals surface area (Å²) in [7, 11) is 0. The van der Waals surface area contributed by atoms with E-state index in [2.05, 4.69) is 38.7 Å². The van der Waals surface area contributed by atoms with E-state index in [1.807, 2.05) is 11.2 Å². The molecule has 1 unspecified atom stereocenters. The van der Waals surface area contributed by atoms with Gasteiger partial charge in [-0.05, 0) is 44.4 Å². The standard InChI is InChI=1S/C24H34N4O2S/c1-15(2)20-12-27(8-9-28(20)21(29)14-31-5)23-18(11-25)17-10-24(3,4)30-13-19(17)22(26-23)16-6-7-16/h15-16,20H,6-10,12-14H2,1-5H3. The van der Waals surface area contributed by atoms with Crippen LogP contribution in [0.4, 0.5) is 5.82 Å². The van der Waals surface area contributed by atoms with Gasteiger partial charge in [-0.15, -0.1) is 0 Å². The molecular weight excluding hydrogens is 408 g/mol.